The zero-order valence-electron chi connectivity index (χ0n) is 10.5. The number of hydrogen-bond donors (Lipinski definition) is 0. The first kappa shape index (κ1) is 12.8. The second kappa shape index (κ2) is 5.31. The molecule has 0 atom stereocenters. The molecule has 0 aliphatic carbocycles. The van der Waals surface area contributed by atoms with Crippen LogP contribution in [0.3, 0.4) is 0 Å². The van der Waals surface area contributed by atoms with Crippen LogP contribution in [-0.4, -0.2) is 15.0 Å². The summed E-state index contributed by atoms with van der Waals surface area (Å²) in [5.41, 5.74) is 0.880. The van der Waals surface area contributed by atoms with Gasteiger partial charge in [0.1, 0.15) is 16.7 Å². The first-order chi connectivity index (χ1) is 8.54. The summed E-state index contributed by atoms with van der Waals surface area (Å²) in [6.45, 7) is 6.01. The highest BCUT2D eigenvalue weighted by atomic mass is 35.5. The highest BCUT2D eigenvalue weighted by Gasteiger charge is 2.07. The van der Waals surface area contributed by atoms with E-state index in [-0.39, 0.29) is 5.92 Å². The molecule has 4 nitrogen and oxygen atoms in total. The average molecular weight is 264 g/mol. The Kier molecular flexibility index (Phi) is 3.77. The fourth-order valence-corrected chi connectivity index (χ4v) is 1.53. The standard InChI is InChI=1S/C13H14ClN3O/c1-8(2)13-16-9(3)6-12(17-13)18-10-4-5-11(14)15-7-10/h4-8H,1-3H3. The third-order valence-corrected chi connectivity index (χ3v) is 2.51. The molecule has 0 spiro atoms. The van der Waals surface area contributed by atoms with Gasteiger partial charge in [0.2, 0.25) is 5.88 Å². The predicted molar refractivity (Wildman–Crippen MR) is 70.2 cm³/mol. The Morgan fingerprint density at radius 1 is 1.22 bits per heavy atom. The van der Waals surface area contributed by atoms with E-state index in [2.05, 4.69) is 15.0 Å². The Balaban J connectivity index is 2.26. The van der Waals surface area contributed by atoms with Gasteiger partial charge in [0.05, 0.1) is 6.20 Å². The van der Waals surface area contributed by atoms with Crippen molar-refractivity contribution in [1.82, 2.24) is 15.0 Å². The molecule has 0 saturated heterocycles. The molecule has 5 heteroatoms. The van der Waals surface area contributed by atoms with E-state index in [1.807, 2.05) is 20.8 Å². The van der Waals surface area contributed by atoms with Crippen molar-refractivity contribution < 1.29 is 4.74 Å². The summed E-state index contributed by atoms with van der Waals surface area (Å²) in [5, 5.41) is 0.434. The normalized spacial score (nSPS) is 10.7. The van der Waals surface area contributed by atoms with Gasteiger partial charge in [0.25, 0.3) is 0 Å². The summed E-state index contributed by atoms with van der Waals surface area (Å²) in [6, 6.07) is 5.22. The van der Waals surface area contributed by atoms with Crippen molar-refractivity contribution in [3.63, 3.8) is 0 Å². The quantitative estimate of drug-likeness (QED) is 0.792. The lowest BCUT2D eigenvalue weighted by atomic mass is 10.2. The Morgan fingerprint density at radius 2 is 2.00 bits per heavy atom. The van der Waals surface area contributed by atoms with Crippen molar-refractivity contribution in [2.24, 2.45) is 0 Å². The molecule has 0 aromatic carbocycles. The SMILES string of the molecule is Cc1cc(Oc2ccc(Cl)nc2)nc(C(C)C)n1. The van der Waals surface area contributed by atoms with Crippen LogP contribution in [0.15, 0.2) is 24.4 Å². The van der Waals surface area contributed by atoms with Gasteiger partial charge >= 0.3 is 0 Å². The van der Waals surface area contributed by atoms with Crippen LogP contribution >= 0.6 is 11.6 Å². The van der Waals surface area contributed by atoms with Crippen molar-refractivity contribution in [3.05, 3.63) is 41.1 Å². The van der Waals surface area contributed by atoms with E-state index in [4.69, 9.17) is 16.3 Å². The molecule has 0 saturated carbocycles. The Hall–Kier alpha value is -1.68. The van der Waals surface area contributed by atoms with Gasteiger partial charge < -0.3 is 4.74 Å². The monoisotopic (exact) mass is 263 g/mol. The Bertz CT molecular complexity index is 540. The molecule has 2 aromatic heterocycles. The fraction of sp³-hybridized carbons (Fsp3) is 0.308. The van der Waals surface area contributed by atoms with Crippen molar-refractivity contribution >= 4 is 11.6 Å². The van der Waals surface area contributed by atoms with Gasteiger partial charge in [0, 0.05) is 17.7 Å². The smallest absolute Gasteiger partial charge is 0.222 e. The maximum absolute atomic E-state index is 5.71. The minimum absolute atomic E-state index is 0.260. The van der Waals surface area contributed by atoms with Gasteiger partial charge in [-0.15, -0.1) is 0 Å². The summed E-state index contributed by atoms with van der Waals surface area (Å²) in [7, 11) is 0. The molecule has 2 rings (SSSR count). The number of hydrogen-bond acceptors (Lipinski definition) is 4. The highest BCUT2D eigenvalue weighted by Crippen LogP contribution is 2.22. The lowest BCUT2D eigenvalue weighted by Gasteiger charge is -2.09. The van der Waals surface area contributed by atoms with E-state index >= 15 is 0 Å². The summed E-state index contributed by atoms with van der Waals surface area (Å²) >= 11 is 5.71. The number of aryl methyl sites for hydroxylation is 1. The van der Waals surface area contributed by atoms with Gasteiger partial charge in [-0.3, -0.25) is 0 Å². The summed E-state index contributed by atoms with van der Waals surface area (Å²) in [4.78, 5) is 12.7. The van der Waals surface area contributed by atoms with Gasteiger partial charge in [0.15, 0.2) is 0 Å². The van der Waals surface area contributed by atoms with Crippen LogP contribution in [0, 0.1) is 6.92 Å². The molecular weight excluding hydrogens is 250 g/mol. The number of aromatic nitrogens is 3. The van der Waals surface area contributed by atoms with Crippen LogP contribution in [0.25, 0.3) is 0 Å². The maximum atomic E-state index is 5.71. The van der Waals surface area contributed by atoms with Crippen LogP contribution in [0.5, 0.6) is 11.6 Å². The van der Waals surface area contributed by atoms with Gasteiger partial charge in [-0.2, -0.15) is 4.98 Å². The maximum Gasteiger partial charge on any atom is 0.222 e. The number of ether oxygens (including phenoxy) is 1. The number of nitrogens with zero attached hydrogens (tertiary/aromatic N) is 3. The summed E-state index contributed by atoms with van der Waals surface area (Å²) in [5.74, 6) is 2.16. The number of rotatable bonds is 3. The van der Waals surface area contributed by atoms with Crippen molar-refractivity contribution in [2.75, 3.05) is 0 Å². The van der Waals surface area contributed by atoms with Crippen molar-refractivity contribution in [1.29, 1.82) is 0 Å². The molecule has 0 unspecified atom stereocenters. The van der Waals surface area contributed by atoms with Gasteiger partial charge in [-0.25, -0.2) is 9.97 Å². The molecule has 0 fully saturated rings. The lowest BCUT2D eigenvalue weighted by molar-refractivity contribution is 0.454. The van der Waals surface area contributed by atoms with E-state index < -0.39 is 0 Å². The van der Waals surface area contributed by atoms with Crippen molar-refractivity contribution in [2.45, 2.75) is 26.7 Å². The largest absolute Gasteiger partial charge is 0.437 e. The number of pyridine rings is 1. The van der Waals surface area contributed by atoms with Crippen LogP contribution in [-0.2, 0) is 0 Å². The molecule has 0 aliphatic rings. The van der Waals surface area contributed by atoms with Crippen molar-refractivity contribution in [3.8, 4) is 11.6 Å². The van der Waals surface area contributed by atoms with E-state index in [0.717, 1.165) is 11.5 Å². The molecule has 0 N–H and O–H groups in total. The second-order valence-electron chi connectivity index (χ2n) is 4.28. The van der Waals surface area contributed by atoms with E-state index in [9.17, 15) is 0 Å². The van der Waals surface area contributed by atoms with Gasteiger partial charge in [-0.1, -0.05) is 25.4 Å². The third kappa shape index (κ3) is 3.17. The molecule has 2 aromatic rings. The molecule has 0 aliphatic heterocycles. The van der Waals surface area contributed by atoms with E-state index in [1.54, 1.807) is 24.4 Å². The zero-order chi connectivity index (χ0) is 13.1. The minimum Gasteiger partial charge on any atom is -0.437 e. The van der Waals surface area contributed by atoms with Crippen LogP contribution < -0.4 is 4.74 Å². The zero-order valence-corrected chi connectivity index (χ0v) is 11.3. The minimum atomic E-state index is 0.260. The topological polar surface area (TPSA) is 47.9 Å². The van der Waals surface area contributed by atoms with Crippen LogP contribution in [0.1, 0.15) is 31.3 Å². The molecule has 0 bridgehead atoms. The molecule has 18 heavy (non-hydrogen) atoms. The summed E-state index contributed by atoms with van der Waals surface area (Å²) < 4.78 is 5.63. The predicted octanol–water partition coefficient (Wildman–Crippen LogP) is 3.75. The average Bonchev–Trinajstić information content (AvgIpc) is 2.31. The molecular formula is C13H14ClN3O. The first-order valence-corrected chi connectivity index (χ1v) is 6.07. The second-order valence-corrected chi connectivity index (χ2v) is 4.67. The molecule has 2 heterocycles. The Morgan fingerprint density at radius 3 is 2.61 bits per heavy atom. The first-order valence-electron chi connectivity index (χ1n) is 5.69. The molecule has 94 valence electrons. The number of halogens is 1. The lowest BCUT2D eigenvalue weighted by Crippen LogP contribution is -2.01. The molecule has 0 radical (unpaired) electrons. The third-order valence-electron chi connectivity index (χ3n) is 2.29. The summed E-state index contributed by atoms with van der Waals surface area (Å²) in [6.07, 6.45) is 1.56. The fourth-order valence-electron chi connectivity index (χ4n) is 1.42. The Labute approximate surface area is 111 Å². The highest BCUT2D eigenvalue weighted by molar-refractivity contribution is 6.29. The van der Waals surface area contributed by atoms with Gasteiger partial charge in [-0.05, 0) is 19.1 Å². The van der Waals surface area contributed by atoms with Crippen LogP contribution in [0.4, 0.5) is 0 Å². The van der Waals surface area contributed by atoms with Crippen LogP contribution in [0.2, 0.25) is 5.15 Å². The van der Waals surface area contributed by atoms with E-state index in [0.29, 0.717) is 16.8 Å². The van der Waals surface area contributed by atoms with E-state index in [1.165, 1.54) is 0 Å². The molecule has 0 amide bonds.